The van der Waals surface area contributed by atoms with Crippen LogP contribution in [0.15, 0.2) is 41.1 Å². The van der Waals surface area contributed by atoms with Crippen LogP contribution in [0.2, 0.25) is 0 Å². The van der Waals surface area contributed by atoms with Crippen molar-refractivity contribution in [2.24, 2.45) is 0 Å². The Balaban J connectivity index is 1.98. The predicted molar refractivity (Wildman–Crippen MR) is 97.2 cm³/mol. The van der Waals surface area contributed by atoms with Crippen LogP contribution in [-0.2, 0) is 14.3 Å². The lowest BCUT2D eigenvalue weighted by Crippen LogP contribution is -2.29. The van der Waals surface area contributed by atoms with E-state index in [-0.39, 0.29) is 17.1 Å². The smallest absolute Gasteiger partial charge is 0.331 e. The molecule has 8 nitrogen and oxygen atoms in total. The molecule has 0 aliphatic carbocycles. The number of anilines is 1. The highest BCUT2D eigenvalue weighted by atomic mass is 32.1. The van der Waals surface area contributed by atoms with Gasteiger partial charge in [-0.05, 0) is 41.5 Å². The van der Waals surface area contributed by atoms with E-state index in [1.165, 1.54) is 49.6 Å². The van der Waals surface area contributed by atoms with Crippen LogP contribution in [0.5, 0.6) is 5.75 Å². The Hall–Kier alpha value is -3.20. The highest BCUT2D eigenvalue weighted by molar-refractivity contribution is 7.08. The van der Waals surface area contributed by atoms with E-state index in [1.807, 2.05) is 16.8 Å². The first-order chi connectivity index (χ1) is 12.4. The summed E-state index contributed by atoms with van der Waals surface area (Å²) in [6, 6.07) is 5.61. The van der Waals surface area contributed by atoms with Crippen molar-refractivity contribution >= 4 is 40.7 Å². The molecule has 1 aromatic carbocycles. The fourth-order valence-electron chi connectivity index (χ4n) is 1.93. The summed E-state index contributed by atoms with van der Waals surface area (Å²) in [5.41, 5.74) is 0.928. The zero-order valence-corrected chi connectivity index (χ0v) is 14.8. The molecule has 1 N–H and O–H groups in total. The van der Waals surface area contributed by atoms with E-state index in [0.29, 0.717) is 0 Å². The Kier molecular flexibility index (Phi) is 6.45. The van der Waals surface area contributed by atoms with Crippen LogP contribution in [-0.4, -0.2) is 30.0 Å². The number of hydrogen-bond donors (Lipinski definition) is 1. The molecule has 0 aliphatic rings. The summed E-state index contributed by atoms with van der Waals surface area (Å²) in [4.78, 5) is 34.1. The van der Waals surface area contributed by atoms with Crippen molar-refractivity contribution in [2.45, 2.75) is 13.0 Å². The Morgan fingerprint density at radius 1 is 1.35 bits per heavy atom. The summed E-state index contributed by atoms with van der Waals surface area (Å²) < 4.78 is 10.1. The quantitative estimate of drug-likeness (QED) is 0.344. The summed E-state index contributed by atoms with van der Waals surface area (Å²) in [7, 11) is 1.33. The van der Waals surface area contributed by atoms with Crippen LogP contribution >= 0.6 is 11.3 Å². The number of rotatable bonds is 7. The number of benzene rings is 1. The zero-order chi connectivity index (χ0) is 19.1. The minimum atomic E-state index is -1.06. The van der Waals surface area contributed by atoms with Crippen LogP contribution in [0, 0.1) is 10.1 Å². The van der Waals surface area contributed by atoms with Crippen LogP contribution in [0.25, 0.3) is 6.08 Å². The van der Waals surface area contributed by atoms with Crippen molar-refractivity contribution in [1.29, 1.82) is 0 Å². The number of nitrogens with one attached hydrogen (secondary N) is 1. The molecule has 26 heavy (non-hydrogen) atoms. The normalized spacial score (nSPS) is 11.8. The van der Waals surface area contributed by atoms with E-state index in [1.54, 1.807) is 6.08 Å². The Labute approximate surface area is 153 Å². The predicted octanol–water partition coefficient (Wildman–Crippen LogP) is 3.25. The molecule has 1 amide bonds. The SMILES string of the molecule is COc1cc([N+](=O)[O-])ccc1NC(=O)[C@@H](C)OC(=O)/C=C/c1ccsc1. The van der Waals surface area contributed by atoms with E-state index >= 15 is 0 Å². The Bertz CT molecular complexity index is 832. The monoisotopic (exact) mass is 376 g/mol. The summed E-state index contributed by atoms with van der Waals surface area (Å²) in [6.45, 7) is 1.42. The van der Waals surface area contributed by atoms with Gasteiger partial charge in [-0.1, -0.05) is 0 Å². The molecule has 0 unspecified atom stereocenters. The molecule has 9 heteroatoms. The first-order valence-corrected chi connectivity index (χ1v) is 8.39. The average molecular weight is 376 g/mol. The molecule has 2 rings (SSSR count). The standard InChI is InChI=1S/C17H16N2O6S/c1-11(25-16(20)6-3-12-7-8-26-10-12)17(21)18-14-5-4-13(19(22)23)9-15(14)24-2/h3-11H,1-2H3,(H,18,21)/b6-3+/t11-/m1/s1. The summed E-state index contributed by atoms with van der Waals surface area (Å²) in [5, 5.41) is 17.0. The number of methoxy groups -OCH3 is 1. The number of nitro groups is 1. The Morgan fingerprint density at radius 2 is 2.12 bits per heavy atom. The van der Waals surface area contributed by atoms with Gasteiger partial charge >= 0.3 is 5.97 Å². The van der Waals surface area contributed by atoms with Crippen molar-refractivity contribution in [1.82, 2.24) is 0 Å². The van der Waals surface area contributed by atoms with Crippen molar-refractivity contribution in [3.8, 4) is 5.75 Å². The molecular formula is C17H16N2O6S. The highest BCUT2D eigenvalue weighted by Gasteiger charge is 2.19. The molecule has 0 bridgehead atoms. The molecule has 0 aliphatic heterocycles. The number of nitro benzene ring substituents is 1. The van der Waals surface area contributed by atoms with E-state index in [9.17, 15) is 19.7 Å². The van der Waals surface area contributed by atoms with Gasteiger partial charge in [0, 0.05) is 12.1 Å². The molecule has 0 saturated carbocycles. The first kappa shape index (κ1) is 19.1. The number of carbonyl (C=O) groups is 2. The van der Waals surface area contributed by atoms with Gasteiger partial charge in [-0.25, -0.2) is 4.79 Å². The van der Waals surface area contributed by atoms with Crippen LogP contribution in [0.4, 0.5) is 11.4 Å². The number of esters is 1. The van der Waals surface area contributed by atoms with Gasteiger partial charge in [0.05, 0.1) is 23.8 Å². The van der Waals surface area contributed by atoms with Gasteiger partial charge in [0.2, 0.25) is 0 Å². The summed E-state index contributed by atoms with van der Waals surface area (Å²) in [5.74, 6) is -1.12. The van der Waals surface area contributed by atoms with E-state index in [4.69, 9.17) is 9.47 Å². The number of thiophene rings is 1. The molecule has 1 heterocycles. The molecule has 1 aromatic heterocycles. The van der Waals surface area contributed by atoms with Gasteiger partial charge in [0.1, 0.15) is 5.75 Å². The number of nitrogens with zero attached hydrogens (tertiary/aromatic N) is 1. The topological polar surface area (TPSA) is 108 Å². The fraction of sp³-hybridized carbons (Fsp3) is 0.176. The average Bonchev–Trinajstić information content (AvgIpc) is 3.13. The van der Waals surface area contributed by atoms with Gasteiger partial charge < -0.3 is 14.8 Å². The van der Waals surface area contributed by atoms with Crippen LogP contribution in [0.3, 0.4) is 0 Å². The maximum atomic E-state index is 12.2. The number of ether oxygens (including phenoxy) is 2. The third-order valence-electron chi connectivity index (χ3n) is 3.27. The lowest BCUT2D eigenvalue weighted by atomic mass is 10.2. The van der Waals surface area contributed by atoms with E-state index in [0.717, 1.165) is 5.56 Å². The van der Waals surface area contributed by atoms with E-state index < -0.39 is 22.9 Å². The number of amides is 1. The molecule has 0 radical (unpaired) electrons. The maximum Gasteiger partial charge on any atom is 0.331 e. The van der Waals surface area contributed by atoms with Gasteiger partial charge in [-0.15, -0.1) is 0 Å². The lowest BCUT2D eigenvalue weighted by molar-refractivity contribution is -0.384. The van der Waals surface area contributed by atoms with Gasteiger partial charge in [-0.2, -0.15) is 11.3 Å². The number of hydrogen-bond acceptors (Lipinski definition) is 7. The highest BCUT2D eigenvalue weighted by Crippen LogP contribution is 2.29. The third kappa shape index (κ3) is 5.15. The second kappa shape index (κ2) is 8.77. The first-order valence-electron chi connectivity index (χ1n) is 7.45. The lowest BCUT2D eigenvalue weighted by Gasteiger charge is -2.14. The largest absolute Gasteiger partial charge is 0.494 e. The summed E-state index contributed by atoms with van der Waals surface area (Å²) >= 11 is 1.50. The third-order valence-corrected chi connectivity index (χ3v) is 3.97. The van der Waals surface area contributed by atoms with Gasteiger partial charge in [0.15, 0.2) is 6.10 Å². The van der Waals surface area contributed by atoms with Crippen molar-refractivity contribution in [3.05, 3.63) is 56.8 Å². The van der Waals surface area contributed by atoms with Crippen LogP contribution < -0.4 is 10.1 Å². The maximum absolute atomic E-state index is 12.2. The van der Waals surface area contributed by atoms with Crippen molar-refractivity contribution in [3.63, 3.8) is 0 Å². The zero-order valence-electron chi connectivity index (χ0n) is 14.0. The number of non-ortho nitro benzene ring substituents is 1. The second-order valence-corrected chi connectivity index (χ2v) is 5.88. The van der Waals surface area contributed by atoms with E-state index in [2.05, 4.69) is 5.32 Å². The molecule has 136 valence electrons. The second-order valence-electron chi connectivity index (χ2n) is 5.10. The van der Waals surface area contributed by atoms with Gasteiger partial charge in [-0.3, -0.25) is 14.9 Å². The fourth-order valence-corrected chi connectivity index (χ4v) is 2.56. The molecule has 0 spiro atoms. The van der Waals surface area contributed by atoms with Gasteiger partial charge in [0.25, 0.3) is 11.6 Å². The Morgan fingerprint density at radius 3 is 2.73 bits per heavy atom. The molecule has 0 saturated heterocycles. The van der Waals surface area contributed by atoms with Crippen molar-refractivity contribution < 1.29 is 24.0 Å². The van der Waals surface area contributed by atoms with Crippen LogP contribution in [0.1, 0.15) is 12.5 Å². The molecular weight excluding hydrogens is 360 g/mol. The molecule has 1 atom stereocenters. The molecule has 2 aromatic rings. The molecule has 0 fully saturated rings. The minimum absolute atomic E-state index is 0.128. The van der Waals surface area contributed by atoms with Crippen molar-refractivity contribution in [2.75, 3.05) is 12.4 Å². The number of carbonyl (C=O) groups excluding carboxylic acids is 2. The minimum Gasteiger partial charge on any atom is -0.494 e. The summed E-state index contributed by atoms with van der Waals surface area (Å²) in [6.07, 6.45) is 1.76.